The van der Waals surface area contributed by atoms with Gasteiger partial charge in [-0.1, -0.05) is 42.5 Å². The Hall–Kier alpha value is -2.73. The summed E-state index contributed by atoms with van der Waals surface area (Å²) >= 11 is 0. The van der Waals surface area contributed by atoms with Gasteiger partial charge in [0.05, 0.1) is 12.6 Å². The molecular weight excluding hydrogens is 382 g/mol. The van der Waals surface area contributed by atoms with E-state index in [1.165, 1.54) is 0 Å². The van der Waals surface area contributed by atoms with Crippen molar-refractivity contribution >= 4 is 6.09 Å². The highest BCUT2D eigenvalue weighted by molar-refractivity contribution is 5.69. The summed E-state index contributed by atoms with van der Waals surface area (Å²) in [7, 11) is 0. The first kappa shape index (κ1) is 22.0. The molecule has 3 rings (SSSR count). The van der Waals surface area contributed by atoms with Crippen LogP contribution in [0.3, 0.4) is 0 Å². The third kappa shape index (κ3) is 5.66. The van der Waals surface area contributed by atoms with E-state index in [0.717, 1.165) is 5.56 Å². The lowest BCUT2D eigenvalue weighted by atomic mass is 10.2. The molecule has 1 saturated heterocycles. The number of ether oxygens (including phenoxy) is 4. The van der Waals surface area contributed by atoms with Crippen LogP contribution >= 0.6 is 0 Å². The van der Waals surface area contributed by atoms with Gasteiger partial charge < -0.3 is 18.9 Å². The third-order valence-corrected chi connectivity index (χ3v) is 4.68. The predicted octanol–water partition coefficient (Wildman–Crippen LogP) is 5.02. The number of hydrogen-bond acceptors (Lipinski definition) is 5. The van der Waals surface area contributed by atoms with Gasteiger partial charge in [0, 0.05) is 0 Å². The van der Waals surface area contributed by atoms with Gasteiger partial charge >= 0.3 is 6.09 Å². The Morgan fingerprint density at radius 2 is 1.63 bits per heavy atom. The molecule has 1 aliphatic rings. The van der Waals surface area contributed by atoms with Crippen LogP contribution in [0.25, 0.3) is 0 Å². The summed E-state index contributed by atoms with van der Waals surface area (Å²) in [5, 5.41) is 0. The fraction of sp³-hybridized carbons (Fsp3) is 0.458. The second kappa shape index (κ2) is 8.96. The maximum absolute atomic E-state index is 12.8. The molecule has 0 spiro atoms. The maximum atomic E-state index is 12.8. The van der Waals surface area contributed by atoms with Crippen molar-refractivity contribution in [1.29, 1.82) is 0 Å². The zero-order valence-electron chi connectivity index (χ0n) is 18.4. The molecule has 0 bridgehead atoms. The minimum Gasteiger partial charge on any atom is -0.487 e. The zero-order chi connectivity index (χ0) is 21.8. The van der Waals surface area contributed by atoms with Crippen molar-refractivity contribution in [2.45, 2.75) is 58.6 Å². The fourth-order valence-corrected chi connectivity index (χ4v) is 3.30. The predicted molar refractivity (Wildman–Crippen MR) is 115 cm³/mol. The molecule has 0 radical (unpaired) electrons. The standard InChI is InChI=1S/C24H31NO5/c1-23(2,3)30-22(26)25-19(17-29-24(25,4)5)16-28-21-14-10-9-13-20(21)27-15-18-11-7-6-8-12-18/h6-14,19H,15-17H2,1-5H3/t19-/m0/s1. The number of amides is 1. The summed E-state index contributed by atoms with van der Waals surface area (Å²) in [4.78, 5) is 14.4. The summed E-state index contributed by atoms with van der Waals surface area (Å²) in [6, 6.07) is 17.2. The molecule has 0 saturated carbocycles. The number of para-hydroxylation sites is 2. The molecular formula is C24H31NO5. The smallest absolute Gasteiger partial charge is 0.413 e. The van der Waals surface area contributed by atoms with Gasteiger partial charge in [-0.15, -0.1) is 0 Å². The van der Waals surface area contributed by atoms with Crippen LogP contribution in [-0.4, -0.2) is 41.6 Å². The summed E-state index contributed by atoms with van der Waals surface area (Å²) in [5.41, 5.74) is -0.270. The number of carbonyl (C=O) groups excluding carboxylic acids is 1. The van der Waals surface area contributed by atoms with E-state index in [9.17, 15) is 4.79 Å². The largest absolute Gasteiger partial charge is 0.487 e. The highest BCUT2D eigenvalue weighted by Gasteiger charge is 2.46. The van der Waals surface area contributed by atoms with Gasteiger partial charge in [-0.2, -0.15) is 0 Å². The van der Waals surface area contributed by atoms with Crippen molar-refractivity contribution in [3.63, 3.8) is 0 Å². The molecule has 0 aromatic heterocycles. The Balaban J connectivity index is 1.66. The summed E-state index contributed by atoms with van der Waals surface area (Å²) in [6.45, 7) is 10.3. The third-order valence-electron chi connectivity index (χ3n) is 4.68. The van der Waals surface area contributed by atoms with E-state index in [1.807, 2.05) is 89.2 Å². The van der Waals surface area contributed by atoms with Gasteiger partial charge in [0.25, 0.3) is 0 Å². The molecule has 162 valence electrons. The Labute approximate surface area is 178 Å². The first-order valence-corrected chi connectivity index (χ1v) is 10.2. The lowest BCUT2D eigenvalue weighted by molar-refractivity contribution is -0.0637. The minimum atomic E-state index is -0.764. The quantitative estimate of drug-likeness (QED) is 0.666. The monoisotopic (exact) mass is 413 g/mol. The summed E-state index contributed by atoms with van der Waals surface area (Å²) in [5.74, 6) is 1.28. The first-order chi connectivity index (χ1) is 14.2. The Morgan fingerprint density at radius 1 is 1.03 bits per heavy atom. The van der Waals surface area contributed by atoms with Crippen LogP contribution in [-0.2, 0) is 16.1 Å². The van der Waals surface area contributed by atoms with E-state index in [4.69, 9.17) is 18.9 Å². The van der Waals surface area contributed by atoms with E-state index in [2.05, 4.69) is 0 Å². The second-order valence-electron chi connectivity index (χ2n) is 8.79. The maximum Gasteiger partial charge on any atom is 0.413 e. The second-order valence-corrected chi connectivity index (χ2v) is 8.79. The highest BCUT2D eigenvalue weighted by Crippen LogP contribution is 2.32. The van der Waals surface area contributed by atoms with E-state index in [0.29, 0.717) is 24.7 Å². The van der Waals surface area contributed by atoms with Crippen molar-refractivity contribution in [3.05, 3.63) is 60.2 Å². The van der Waals surface area contributed by atoms with Gasteiger partial charge in [-0.05, 0) is 52.3 Å². The number of rotatable bonds is 6. The van der Waals surface area contributed by atoms with Gasteiger partial charge in [-0.3, -0.25) is 4.90 Å². The Morgan fingerprint density at radius 3 is 2.27 bits per heavy atom. The fourth-order valence-electron chi connectivity index (χ4n) is 3.30. The molecule has 0 unspecified atom stereocenters. The van der Waals surface area contributed by atoms with Crippen LogP contribution in [0.2, 0.25) is 0 Å². The molecule has 1 atom stereocenters. The summed E-state index contributed by atoms with van der Waals surface area (Å²) < 4.78 is 23.4. The topological polar surface area (TPSA) is 57.2 Å². The molecule has 0 aliphatic carbocycles. The van der Waals surface area contributed by atoms with E-state index >= 15 is 0 Å². The van der Waals surface area contributed by atoms with Crippen LogP contribution in [0, 0.1) is 0 Å². The molecule has 2 aromatic rings. The van der Waals surface area contributed by atoms with Crippen LogP contribution in [0.4, 0.5) is 4.79 Å². The van der Waals surface area contributed by atoms with Crippen LogP contribution in [0.5, 0.6) is 11.5 Å². The molecule has 1 heterocycles. The lowest BCUT2D eigenvalue weighted by Crippen LogP contribution is -2.51. The molecule has 6 nitrogen and oxygen atoms in total. The van der Waals surface area contributed by atoms with E-state index in [-0.39, 0.29) is 12.6 Å². The molecule has 1 aliphatic heterocycles. The van der Waals surface area contributed by atoms with Crippen molar-refractivity contribution in [1.82, 2.24) is 4.90 Å². The minimum absolute atomic E-state index is 0.267. The highest BCUT2D eigenvalue weighted by atomic mass is 16.6. The van der Waals surface area contributed by atoms with Crippen molar-refractivity contribution in [3.8, 4) is 11.5 Å². The molecule has 1 fully saturated rings. The SMILES string of the molecule is CC(C)(C)OC(=O)N1[C@@H](COc2ccccc2OCc2ccccc2)COC1(C)C. The normalized spacial score (nSPS) is 18.2. The van der Waals surface area contributed by atoms with Crippen LogP contribution in [0.15, 0.2) is 54.6 Å². The Kier molecular flexibility index (Phi) is 6.56. The zero-order valence-corrected chi connectivity index (χ0v) is 18.4. The van der Waals surface area contributed by atoms with Gasteiger partial charge in [0.1, 0.15) is 24.5 Å². The average molecular weight is 414 g/mol. The molecule has 30 heavy (non-hydrogen) atoms. The first-order valence-electron chi connectivity index (χ1n) is 10.2. The molecule has 6 heteroatoms. The van der Waals surface area contributed by atoms with Crippen molar-refractivity contribution in [2.24, 2.45) is 0 Å². The Bertz CT molecular complexity index is 844. The number of nitrogens with zero attached hydrogens (tertiary/aromatic N) is 1. The molecule has 2 aromatic carbocycles. The lowest BCUT2D eigenvalue weighted by Gasteiger charge is -2.35. The molecule has 1 amide bonds. The number of hydrogen-bond donors (Lipinski definition) is 0. The van der Waals surface area contributed by atoms with E-state index < -0.39 is 17.4 Å². The summed E-state index contributed by atoms with van der Waals surface area (Å²) in [6.07, 6.45) is -0.410. The average Bonchev–Trinajstić information content (AvgIpc) is 2.99. The molecule has 0 N–H and O–H groups in total. The van der Waals surface area contributed by atoms with Crippen molar-refractivity contribution < 1.29 is 23.7 Å². The van der Waals surface area contributed by atoms with Gasteiger partial charge in [0.2, 0.25) is 0 Å². The van der Waals surface area contributed by atoms with Crippen LogP contribution in [0.1, 0.15) is 40.2 Å². The van der Waals surface area contributed by atoms with Gasteiger partial charge in [0.15, 0.2) is 11.5 Å². The van der Waals surface area contributed by atoms with Crippen molar-refractivity contribution in [2.75, 3.05) is 13.2 Å². The number of carbonyl (C=O) groups is 1. The van der Waals surface area contributed by atoms with Crippen LogP contribution < -0.4 is 9.47 Å². The number of benzene rings is 2. The van der Waals surface area contributed by atoms with Gasteiger partial charge in [-0.25, -0.2) is 4.79 Å². The van der Waals surface area contributed by atoms with E-state index in [1.54, 1.807) is 4.90 Å².